The molecule has 0 unspecified atom stereocenters. The van der Waals surface area contributed by atoms with E-state index < -0.39 is 11.4 Å². The van der Waals surface area contributed by atoms with Crippen LogP contribution in [0.2, 0.25) is 0 Å². The Morgan fingerprint density at radius 1 is 0.739 bits per heavy atom. The number of carboxylic acids is 1. The van der Waals surface area contributed by atoms with Gasteiger partial charge >= 0.3 is 5.97 Å². The summed E-state index contributed by atoms with van der Waals surface area (Å²) in [6.45, 7) is 2.20. The lowest BCUT2D eigenvalue weighted by molar-refractivity contribution is -0.150. The molecule has 1 fully saturated rings. The summed E-state index contributed by atoms with van der Waals surface area (Å²) in [7, 11) is 0. The molecule has 1 N–H and O–H groups in total. The van der Waals surface area contributed by atoms with Gasteiger partial charge in [0.25, 0.3) is 0 Å². The lowest BCUT2D eigenvalue weighted by Gasteiger charge is -2.30. The number of carbonyl (C=O) groups is 1. The van der Waals surface area contributed by atoms with Gasteiger partial charge in [0.2, 0.25) is 0 Å². The van der Waals surface area contributed by atoms with Crippen molar-refractivity contribution in [3.8, 4) is 0 Å². The van der Waals surface area contributed by atoms with Gasteiger partial charge in [0, 0.05) is 0 Å². The SMILES string of the molecule is CCCCCC1(C(=O)O)CCCCCCCCCCCCCC1. The van der Waals surface area contributed by atoms with Gasteiger partial charge in [-0.2, -0.15) is 0 Å². The Morgan fingerprint density at radius 3 is 1.48 bits per heavy atom. The Labute approximate surface area is 144 Å². The summed E-state index contributed by atoms with van der Waals surface area (Å²) in [5, 5.41) is 9.94. The third-order valence-corrected chi connectivity index (χ3v) is 5.77. The Hall–Kier alpha value is -0.530. The molecule has 23 heavy (non-hydrogen) atoms. The Morgan fingerprint density at radius 2 is 1.13 bits per heavy atom. The van der Waals surface area contributed by atoms with Crippen molar-refractivity contribution >= 4 is 5.97 Å². The van der Waals surface area contributed by atoms with Crippen molar-refractivity contribution in [2.24, 2.45) is 5.41 Å². The van der Waals surface area contributed by atoms with E-state index in [-0.39, 0.29) is 0 Å². The van der Waals surface area contributed by atoms with Crippen LogP contribution >= 0.6 is 0 Å². The van der Waals surface area contributed by atoms with E-state index >= 15 is 0 Å². The first kappa shape index (κ1) is 20.5. The molecule has 2 nitrogen and oxygen atoms in total. The van der Waals surface area contributed by atoms with Crippen LogP contribution in [0.5, 0.6) is 0 Å². The lowest BCUT2D eigenvalue weighted by Crippen LogP contribution is -2.31. The Balaban J connectivity index is 2.58. The second-order valence-corrected chi connectivity index (χ2v) is 7.79. The first-order chi connectivity index (χ1) is 11.2. The van der Waals surface area contributed by atoms with Gasteiger partial charge in [0.15, 0.2) is 0 Å². The number of hydrogen-bond donors (Lipinski definition) is 1. The molecule has 1 rings (SSSR count). The molecule has 0 amide bonds. The fourth-order valence-corrected chi connectivity index (χ4v) is 4.10. The molecule has 0 heterocycles. The number of rotatable bonds is 5. The number of hydrogen-bond acceptors (Lipinski definition) is 1. The van der Waals surface area contributed by atoms with Gasteiger partial charge in [-0.1, -0.05) is 103 Å². The average Bonchev–Trinajstić information content (AvgIpc) is 2.54. The van der Waals surface area contributed by atoms with Crippen LogP contribution in [0.15, 0.2) is 0 Å². The lowest BCUT2D eigenvalue weighted by atomic mass is 9.74. The minimum atomic E-state index is -0.516. The highest BCUT2D eigenvalue weighted by Gasteiger charge is 2.36. The van der Waals surface area contributed by atoms with Crippen LogP contribution in [-0.4, -0.2) is 11.1 Å². The minimum Gasteiger partial charge on any atom is -0.481 e. The zero-order valence-corrected chi connectivity index (χ0v) is 15.6. The molecule has 2 heteroatoms. The number of aliphatic carboxylic acids is 1. The quantitative estimate of drug-likeness (QED) is 0.547. The molecule has 0 spiro atoms. The van der Waals surface area contributed by atoms with Crippen molar-refractivity contribution in [1.29, 1.82) is 0 Å². The standard InChI is InChI=1S/C21H40O2/c1-2-3-14-17-21(20(22)23)18-15-12-10-8-6-4-5-7-9-11-13-16-19-21/h2-19H2,1H3,(H,22,23). The molecule has 1 saturated carbocycles. The van der Waals surface area contributed by atoms with Gasteiger partial charge in [0.05, 0.1) is 5.41 Å². The molecule has 0 aromatic carbocycles. The molecule has 0 radical (unpaired) electrons. The van der Waals surface area contributed by atoms with E-state index in [1.165, 1.54) is 77.0 Å². The normalized spacial score (nSPS) is 22.0. The minimum absolute atomic E-state index is 0.421. The monoisotopic (exact) mass is 324 g/mol. The predicted octanol–water partition coefficient (Wildman–Crippen LogP) is 7.11. The molecular formula is C21H40O2. The first-order valence-electron chi connectivity index (χ1n) is 10.4. The van der Waals surface area contributed by atoms with Crippen LogP contribution < -0.4 is 0 Å². The second kappa shape index (κ2) is 12.8. The number of carboxylic acid groups (broad SMARTS) is 1. The smallest absolute Gasteiger partial charge is 0.309 e. The van der Waals surface area contributed by atoms with Crippen LogP contribution in [0, 0.1) is 5.41 Å². The summed E-state index contributed by atoms with van der Waals surface area (Å²) in [6, 6.07) is 0. The van der Waals surface area contributed by atoms with E-state index in [0.717, 1.165) is 38.5 Å². The molecule has 0 bridgehead atoms. The molecule has 136 valence electrons. The largest absolute Gasteiger partial charge is 0.481 e. The van der Waals surface area contributed by atoms with Crippen molar-refractivity contribution in [2.75, 3.05) is 0 Å². The third kappa shape index (κ3) is 8.77. The zero-order valence-electron chi connectivity index (χ0n) is 15.6. The van der Waals surface area contributed by atoms with Crippen LogP contribution in [0.4, 0.5) is 0 Å². The maximum absolute atomic E-state index is 12.1. The van der Waals surface area contributed by atoms with Gasteiger partial charge in [0.1, 0.15) is 0 Å². The van der Waals surface area contributed by atoms with Crippen molar-refractivity contribution in [3.05, 3.63) is 0 Å². The van der Waals surface area contributed by atoms with Crippen molar-refractivity contribution < 1.29 is 9.90 Å². The van der Waals surface area contributed by atoms with E-state index in [0.29, 0.717) is 0 Å². The second-order valence-electron chi connectivity index (χ2n) is 7.79. The zero-order chi connectivity index (χ0) is 16.8. The van der Waals surface area contributed by atoms with Crippen LogP contribution in [0.1, 0.15) is 122 Å². The van der Waals surface area contributed by atoms with Gasteiger partial charge < -0.3 is 5.11 Å². The summed E-state index contributed by atoms with van der Waals surface area (Å²) in [4.78, 5) is 12.1. The van der Waals surface area contributed by atoms with Crippen LogP contribution in [-0.2, 0) is 4.79 Å². The van der Waals surface area contributed by atoms with E-state index in [9.17, 15) is 9.90 Å². The fraction of sp³-hybridized carbons (Fsp3) is 0.952. The maximum atomic E-state index is 12.1. The average molecular weight is 325 g/mol. The highest BCUT2D eigenvalue weighted by Crippen LogP contribution is 2.38. The molecule has 1 aliphatic rings. The van der Waals surface area contributed by atoms with Crippen molar-refractivity contribution in [3.63, 3.8) is 0 Å². The topological polar surface area (TPSA) is 37.3 Å². The van der Waals surface area contributed by atoms with Gasteiger partial charge in [-0.05, 0) is 19.3 Å². The highest BCUT2D eigenvalue weighted by atomic mass is 16.4. The maximum Gasteiger partial charge on any atom is 0.309 e. The molecule has 0 aliphatic heterocycles. The summed E-state index contributed by atoms with van der Waals surface area (Å²) in [6.07, 6.45) is 21.7. The molecular weight excluding hydrogens is 284 g/mol. The summed E-state index contributed by atoms with van der Waals surface area (Å²) < 4.78 is 0. The summed E-state index contributed by atoms with van der Waals surface area (Å²) in [5.41, 5.74) is -0.421. The molecule has 1 aliphatic carbocycles. The Bertz CT molecular complexity index is 282. The van der Waals surface area contributed by atoms with Crippen LogP contribution in [0.3, 0.4) is 0 Å². The van der Waals surface area contributed by atoms with Gasteiger partial charge in [-0.25, -0.2) is 0 Å². The molecule has 0 aromatic heterocycles. The highest BCUT2D eigenvalue weighted by molar-refractivity contribution is 5.74. The van der Waals surface area contributed by atoms with Gasteiger partial charge in [-0.15, -0.1) is 0 Å². The number of unbranched alkanes of at least 4 members (excludes halogenated alkanes) is 2. The molecule has 0 saturated heterocycles. The van der Waals surface area contributed by atoms with E-state index in [2.05, 4.69) is 6.92 Å². The predicted molar refractivity (Wildman–Crippen MR) is 98.8 cm³/mol. The first-order valence-corrected chi connectivity index (χ1v) is 10.4. The summed E-state index contributed by atoms with van der Waals surface area (Å²) >= 11 is 0. The molecule has 0 atom stereocenters. The summed E-state index contributed by atoms with van der Waals surface area (Å²) in [5.74, 6) is -0.516. The van der Waals surface area contributed by atoms with E-state index in [1.54, 1.807) is 0 Å². The third-order valence-electron chi connectivity index (χ3n) is 5.77. The van der Waals surface area contributed by atoms with Crippen molar-refractivity contribution in [1.82, 2.24) is 0 Å². The van der Waals surface area contributed by atoms with E-state index in [4.69, 9.17) is 0 Å². The van der Waals surface area contributed by atoms with Gasteiger partial charge in [-0.3, -0.25) is 4.79 Å². The van der Waals surface area contributed by atoms with Crippen LogP contribution in [0.25, 0.3) is 0 Å². The van der Waals surface area contributed by atoms with E-state index in [1.807, 2.05) is 0 Å². The molecule has 0 aromatic rings. The Kier molecular flexibility index (Phi) is 11.5. The van der Waals surface area contributed by atoms with Crippen molar-refractivity contribution in [2.45, 2.75) is 122 Å². The fourth-order valence-electron chi connectivity index (χ4n) is 4.10.